The predicted octanol–water partition coefficient (Wildman–Crippen LogP) is 4.24. The second-order valence-corrected chi connectivity index (χ2v) is 5.71. The first kappa shape index (κ1) is 12.7. The summed E-state index contributed by atoms with van der Waals surface area (Å²) in [5, 5.41) is 9.32. The molecule has 1 aliphatic heterocycles. The van der Waals surface area contributed by atoms with Gasteiger partial charge in [0.1, 0.15) is 11.5 Å². The maximum absolute atomic E-state index is 9.32. The number of aliphatic hydroxyl groups excluding tert-OH is 1. The quantitative estimate of drug-likeness (QED) is 0.765. The molecule has 0 saturated heterocycles. The third-order valence-electron chi connectivity index (χ3n) is 3.59. The van der Waals surface area contributed by atoms with Gasteiger partial charge in [-0.05, 0) is 23.3 Å². The zero-order valence-electron chi connectivity index (χ0n) is 10.7. The monoisotopic (exact) mass is 318 g/mol. The van der Waals surface area contributed by atoms with Crippen LogP contribution in [0.4, 0.5) is 0 Å². The minimum absolute atomic E-state index is 0.122. The van der Waals surface area contributed by atoms with Crippen molar-refractivity contribution in [3.8, 4) is 11.5 Å². The van der Waals surface area contributed by atoms with Gasteiger partial charge in [0, 0.05) is 29.0 Å². The van der Waals surface area contributed by atoms with Gasteiger partial charge in [-0.25, -0.2) is 0 Å². The van der Waals surface area contributed by atoms with Crippen LogP contribution in [0.25, 0.3) is 0 Å². The fourth-order valence-corrected chi connectivity index (χ4v) is 3.28. The number of aliphatic hydroxyl groups is 1. The highest BCUT2D eigenvalue weighted by Crippen LogP contribution is 2.42. The Balaban J connectivity index is 2.07. The van der Waals surface area contributed by atoms with Crippen LogP contribution in [0.15, 0.2) is 40.9 Å². The van der Waals surface area contributed by atoms with Crippen molar-refractivity contribution in [2.75, 3.05) is 6.61 Å². The molecule has 0 aromatic heterocycles. The summed E-state index contributed by atoms with van der Waals surface area (Å²) in [5.74, 6) is 1.96. The fraction of sp³-hybridized carbons (Fsp3) is 0.250. The number of rotatable bonds is 2. The van der Waals surface area contributed by atoms with E-state index in [-0.39, 0.29) is 12.5 Å². The third kappa shape index (κ3) is 2.17. The molecule has 3 rings (SSSR count). The molecular formula is C16H15BrO2. The number of fused-ring (bicyclic) bond motifs is 2. The summed E-state index contributed by atoms with van der Waals surface area (Å²) >= 11 is 3.67. The second kappa shape index (κ2) is 4.99. The molecule has 0 radical (unpaired) electrons. The van der Waals surface area contributed by atoms with E-state index in [1.807, 2.05) is 37.3 Å². The Morgan fingerprint density at radius 2 is 2.00 bits per heavy atom. The molecule has 3 heteroatoms. The van der Waals surface area contributed by atoms with E-state index in [0.29, 0.717) is 0 Å². The Morgan fingerprint density at radius 1 is 1.21 bits per heavy atom. The minimum Gasteiger partial charge on any atom is -0.457 e. The predicted molar refractivity (Wildman–Crippen MR) is 79.0 cm³/mol. The van der Waals surface area contributed by atoms with Crippen LogP contribution in [-0.4, -0.2) is 11.7 Å². The van der Waals surface area contributed by atoms with Crippen molar-refractivity contribution in [3.63, 3.8) is 0 Å². The first-order chi connectivity index (χ1) is 9.20. The van der Waals surface area contributed by atoms with Crippen LogP contribution >= 0.6 is 15.9 Å². The van der Waals surface area contributed by atoms with Gasteiger partial charge in [-0.3, -0.25) is 0 Å². The van der Waals surface area contributed by atoms with E-state index < -0.39 is 0 Å². The normalized spacial score (nSPS) is 14.3. The lowest BCUT2D eigenvalue weighted by atomic mass is 9.94. The van der Waals surface area contributed by atoms with Crippen LogP contribution in [0.3, 0.4) is 0 Å². The smallest absolute Gasteiger partial charge is 0.132 e. The molecule has 1 unspecified atom stereocenters. The molecule has 2 nitrogen and oxygen atoms in total. The molecule has 0 bridgehead atoms. The number of benzene rings is 2. The van der Waals surface area contributed by atoms with Crippen molar-refractivity contribution < 1.29 is 9.84 Å². The number of hydrogen-bond donors (Lipinski definition) is 1. The van der Waals surface area contributed by atoms with E-state index >= 15 is 0 Å². The summed E-state index contributed by atoms with van der Waals surface area (Å²) in [7, 11) is 0. The highest BCUT2D eigenvalue weighted by atomic mass is 79.9. The highest BCUT2D eigenvalue weighted by molar-refractivity contribution is 9.10. The lowest BCUT2D eigenvalue weighted by Gasteiger charge is -2.23. The maximum atomic E-state index is 9.32. The van der Waals surface area contributed by atoms with Crippen LogP contribution < -0.4 is 4.74 Å². The molecule has 0 saturated carbocycles. The molecule has 0 fully saturated rings. The molecule has 2 aromatic rings. The third-order valence-corrected chi connectivity index (χ3v) is 4.53. The molecule has 1 heterocycles. The van der Waals surface area contributed by atoms with Crippen molar-refractivity contribution in [1.82, 2.24) is 0 Å². The lowest BCUT2D eigenvalue weighted by molar-refractivity contribution is 0.272. The molecular weight excluding hydrogens is 304 g/mol. The summed E-state index contributed by atoms with van der Waals surface area (Å²) in [5.41, 5.74) is 3.49. The second-order valence-electron chi connectivity index (χ2n) is 4.92. The first-order valence-corrected chi connectivity index (χ1v) is 7.18. The Hall–Kier alpha value is -1.32. The van der Waals surface area contributed by atoms with E-state index in [9.17, 15) is 5.11 Å². The lowest BCUT2D eigenvalue weighted by Crippen LogP contribution is -2.07. The van der Waals surface area contributed by atoms with Crippen LogP contribution in [0, 0.1) is 0 Å². The van der Waals surface area contributed by atoms with Crippen molar-refractivity contribution >= 4 is 15.9 Å². The average molecular weight is 319 g/mol. The van der Waals surface area contributed by atoms with E-state index in [2.05, 4.69) is 22.0 Å². The van der Waals surface area contributed by atoms with E-state index in [1.165, 1.54) is 5.56 Å². The molecule has 0 spiro atoms. The van der Waals surface area contributed by atoms with Crippen LogP contribution in [0.5, 0.6) is 11.5 Å². The van der Waals surface area contributed by atoms with Crippen LogP contribution in [0.1, 0.15) is 29.5 Å². The Labute approximate surface area is 121 Å². The standard InChI is InChI=1S/C16H15BrO2/c1-10(9-18)12-6-7-15-13(16(12)17)8-11-4-2-3-5-14(11)19-15/h2-7,10,18H,8-9H2,1H3. The summed E-state index contributed by atoms with van der Waals surface area (Å²) in [6.45, 7) is 2.17. The molecule has 19 heavy (non-hydrogen) atoms. The molecule has 1 aliphatic rings. The fourth-order valence-electron chi connectivity index (χ4n) is 2.42. The van der Waals surface area contributed by atoms with Gasteiger partial charge in [-0.15, -0.1) is 0 Å². The summed E-state index contributed by atoms with van der Waals surface area (Å²) < 4.78 is 6.99. The Morgan fingerprint density at radius 3 is 2.79 bits per heavy atom. The van der Waals surface area contributed by atoms with Gasteiger partial charge >= 0.3 is 0 Å². The van der Waals surface area contributed by atoms with Crippen molar-refractivity contribution in [2.45, 2.75) is 19.3 Å². The molecule has 1 atom stereocenters. The van der Waals surface area contributed by atoms with E-state index in [4.69, 9.17) is 4.74 Å². The number of para-hydroxylation sites is 1. The largest absolute Gasteiger partial charge is 0.457 e. The minimum atomic E-state index is 0.122. The van der Waals surface area contributed by atoms with E-state index in [1.54, 1.807) is 0 Å². The van der Waals surface area contributed by atoms with E-state index in [0.717, 1.165) is 33.5 Å². The van der Waals surface area contributed by atoms with Gasteiger partial charge in [0.25, 0.3) is 0 Å². The van der Waals surface area contributed by atoms with Gasteiger partial charge in [0.15, 0.2) is 0 Å². The number of halogens is 1. The summed E-state index contributed by atoms with van der Waals surface area (Å²) in [4.78, 5) is 0. The first-order valence-electron chi connectivity index (χ1n) is 6.38. The van der Waals surface area contributed by atoms with Crippen LogP contribution in [-0.2, 0) is 6.42 Å². The SMILES string of the molecule is CC(CO)c1ccc2c(c1Br)Cc1ccccc1O2. The molecule has 0 aliphatic carbocycles. The zero-order chi connectivity index (χ0) is 13.4. The topological polar surface area (TPSA) is 29.5 Å². The van der Waals surface area contributed by atoms with Gasteiger partial charge in [-0.1, -0.05) is 47.1 Å². The summed E-state index contributed by atoms with van der Waals surface area (Å²) in [6, 6.07) is 12.1. The average Bonchev–Trinajstić information content (AvgIpc) is 2.45. The zero-order valence-corrected chi connectivity index (χ0v) is 12.3. The summed E-state index contributed by atoms with van der Waals surface area (Å²) in [6.07, 6.45) is 0.859. The molecule has 1 N–H and O–H groups in total. The molecule has 2 aromatic carbocycles. The number of ether oxygens (including phenoxy) is 1. The van der Waals surface area contributed by atoms with Gasteiger partial charge in [0.05, 0.1) is 0 Å². The highest BCUT2D eigenvalue weighted by Gasteiger charge is 2.21. The van der Waals surface area contributed by atoms with Crippen molar-refractivity contribution in [3.05, 3.63) is 57.6 Å². The van der Waals surface area contributed by atoms with Gasteiger partial charge < -0.3 is 9.84 Å². The van der Waals surface area contributed by atoms with Crippen molar-refractivity contribution in [1.29, 1.82) is 0 Å². The molecule has 0 amide bonds. The van der Waals surface area contributed by atoms with Gasteiger partial charge in [0.2, 0.25) is 0 Å². The van der Waals surface area contributed by atoms with Crippen molar-refractivity contribution in [2.24, 2.45) is 0 Å². The van der Waals surface area contributed by atoms with Gasteiger partial charge in [-0.2, -0.15) is 0 Å². The Kier molecular flexibility index (Phi) is 3.33. The van der Waals surface area contributed by atoms with Crippen LogP contribution in [0.2, 0.25) is 0 Å². The Bertz CT molecular complexity index is 622. The number of hydrogen-bond acceptors (Lipinski definition) is 2. The maximum Gasteiger partial charge on any atom is 0.132 e. The molecule has 98 valence electrons.